The predicted octanol–water partition coefficient (Wildman–Crippen LogP) is 4.78. The number of halogens is 2. The van der Waals surface area contributed by atoms with Crippen LogP contribution in [0.4, 0.5) is 0 Å². The minimum Gasteiger partial charge on any atom is -0.348 e. The van der Waals surface area contributed by atoms with E-state index in [4.69, 9.17) is 23.2 Å². The third-order valence-electron chi connectivity index (χ3n) is 4.16. The van der Waals surface area contributed by atoms with Crippen molar-refractivity contribution in [3.63, 3.8) is 0 Å². The number of fused-ring (bicyclic) bond motifs is 1. The van der Waals surface area contributed by atoms with Gasteiger partial charge in [-0.1, -0.05) is 48.3 Å². The van der Waals surface area contributed by atoms with Crippen LogP contribution in [0.15, 0.2) is 42.5 Å². The molecule has 6 heteroatoms. The predicted molar refractivity (Wildman–Crippen MR) is 102 cm³/mol. The fourth-order valence-corrected chi connectivity index (χ4v) is 3.51. The lowest BCUT2D eigenvalue weighted by molar-refractivity contribution is -0.122. The Labute approximate surface area is 156 Å². The van der Waals surface area contributed by atoms with Crippen molar-refractivity contribution >= 4 is 40.1 Å². The Balaban J connectivity index is 1.79. The van der Waals surface area contributed by atoms with Gasteiger partial charge in [0.05, 0.1) is 17.1 Å². The number of benzene rings is 2. The minimum atomic E-state index is -0.211. The van der Waals surface area contributed by atoms with Crippen LogP contribution in [-0.2, 0) is 17.8 Å². The van der Waals surface area contributed by atoms with Gasteiger partial charge in [-0.3, -0.25) is 4.79 Å². The van der Waals surface area contributed by atoms with Gasteiger partial charge >= 0.3 is 0 Å². The Morgan fingerprint density at radius 3 is 2.72 bits per heavy atom. The van der Waals surface area contributed by atoms with Crippen molar-refractivity contribution in [1.82, 2.24) is 14.9 Å². The Hall–Kier alpha value is -2.04. The van der Waals surface area contributed by atoms with E-state index in [-0.39, 0.29) is 18.5 Å². The molecule has 1 atom stereocenters. The van der Waals surface area contributed by atoms with Gasteiger partial charge in [-0.05, 0) is 36.8 Å². The van der Waals surface area contributed by atoms with Crippen molar-refractivity contribution in [2.24, 2.45) is 0 Å². The number of amides is 1. The summed E-state index contributed by atoms with van der Waals surface area (Å²) in [4.78, 5) is 17.1. The van der Waals surface area contributed by atoms with Crippen LogP contribution < -0.4 is 5.32 Å². The summed E-state index contributed by atoms with van der Waals surface area (Å²) in [5.41, 5.74) is 2.71. The van der Waals surface area contributed by atoms with E-state index >= 15 is 0 Å². The number of aryl methyl sites for hydroxylation is 1. The topological polar surface area (TPSA) is 46.9 Å². The number of para-hydroxylation sites is 2. The van der Waals surface area contributed by atoms with Crippen molar-refractivity contribution in [2.75, 3.05) is 0 Å². The van der Waals surface area contributed by atoms with Gasteiger partial charge in [-0.2, -0.15) is 0 Å². The molecule has 2 aromatic carbocycles. The molecule has 0 bridgehead atoms. The van der Waals surface area contributed by atoms with Crippen molar-refractivity contribution in [3.8, 4) is 0 Å². The molecule has 4 nitrogen and oxygen atoms in total. The molecule has 0 aliphatic rings. The summed E-state index contributed by atoms with van der Waals surface area (Å²) in [6.07, 6.45) is 0.764. The lowest BCUT2D eigenvalue weighted by Gasteiger charge is -2.17. The van der Waals surface area contributed by atoms with E-state index in [1.165, 1.54) is 0 Å². The molecule has 1 N–H and O–H groups in total. The van der Waals surface area contributed by atoms with E-state index in [2.05, 4.69) is 10.3 Å². The van der Waals surface area contributed by atoms with Crippen LogP contribution in [0.1, 0.15) is 31.3 Å². The second-order valence-corrected chi connectivity index (χ2v) is 6.76. The third kappa shape index (κ3) is 3.80. The zero-order valence-corrected chi connectivity index (χ0v) is 15.6. The standard InChI is InChI=1S/C19H19Cl2N3O/c1-3-18-23-16-6-4-5-7-17(16)24(18)11-19(25)22-12(2)14-9-8-13(20)10-15(14)21/h4-10,12H,3,11H2,1-2H3,(H,22,25). The Kier molecular flexibility index (Phi) is 5.30. The van der Waals surface area contributed by atoms with Crippen LogP contribution in [0.3, 0.4) is 0 Å². The first-order valence-electron chi connectivity index (χ1n) is 8.18. The first kappa shape index (κ1) is 17.8. The molecule has 3 aromatic rings. The SMILES string of the molecule is CCc1nc2ccccc2n1CC(=O)NC(C)c1ccc(Cl)cc1Cl. The third-order valence-corrected chi connectivity index (χ3v) is 4.72. The molecule has 0 aliphatic carbocycles. The van der Waals surface area contributed by atoms with E-state index < -0.39 is 0 Å². The number of hydrogen-bond acceptors (Lipinski definition) is 2. The number of nitrogens with one attached hydrogen (secondary N) is 1. The lowest BCUT2D eigenvalue weighted by atomic mass is 10.1. The largest absolute Gasteiger partial charge is 0.348 e. The summed E-state index contributed by atoms with van der Waals surface area (Å²) in [6.45, 7) is 4.16. The summed E-state index contributed by atoms with van der Waals surface area (Å²) in [5.74, 6) is 0.810. The van der Waals surface area contributed by atoms with Crippen LogP contribution in [0.2, 0.25) is 10.0 Å². The van der Waals surface area contributed by atoms with Crippen molar-refractivity contribution < 1.29 is 4.79 Å². The van der Waals surface area contributed by atoms with Gasteiger partial charge in [0.25, 0.3) is 0 Å². The maximum Gasteiger partial charge on any atom is 0.240 e. The van der Waals surface area contributed by atoms with Gasteiger partial charge in [-0.25, -0.2) is 4.98 Å². The summed E-state index contributed by atoms with van der Waals surface area (Å²) in [5, 5.41) is 4.11. The van der Waals surface area contributed by atoms with Crippen LogP contribution in [0, 0.1) is 0 Å². The molecule has 3 rings (SSSR count). The maximum atomic E-state index is 12.6. The van der Waals surface area contributed by atoms with Gasteiger partial charge in [0.1, 0.15) is 12.4 Å². The molecule has 0 saturated carbocycles. The highest BCUT2D eigenvalue weighted by Crippen LogP contribution is 2.26. The molecule has 1 aromatic heterocycles. The molecule has 1 amide bonds. The molecule has 0 fully saturated rings. The zero-order chi connectivity index (χ0) is 18.0. The molecule has 0 saturated heterocycles. The van der Waals surface area contributed by atoms with Gasteiger partial charge in [0.15, 0.2) is 0 Å². The van der Waals surface area contributed by atoms with E-state index in [9.17, 15) is 4.79 Å². The zero-order valence-electron chi connectivity index (χ0n) is 14.1. The quantitative estimate of drug-likeness (QED) is 0.697. The Bertz CT molecular complexity index is 920. The Morgan fingerprint density at radius 1 is 1.24 bits per heavy atom. The molecule has 25 heavy (non-hydrogen) atoms. The van der Waals surface area contributed by atoms with Gasteiger partial charge < -0.3 is 9.88 Å². The number of hydrogen-bond donors (Lipinski definition) is 1. The average Bonchev–Trinajstić information content (AvgIpc) is 2.92. The van der Waals surface area contributed by atoms with Crippen molar-refractivity contribution in [3.05, 3.63) is 63.9 Å². The summed E-state index contributed by atoms with van der Waals surface area (Å²) < 4.78 is 1.96. The molecule has 0 aliphatic heterocycles. The second-order valence-electron chi connectivity index (χ2n) is 5.91. The number of carbonyl (C=O) groups excluding carboxylic acids is 1. The van der Waals surface area contributed by atoms with Crippen LogP contribution in [0.5, 0.6) is 0 Å². The highest BCUT2D eigenvalue weighted by atomic mass is 35.5. The highest BCUT2D eigenvalue weighted by molar-refractivity contribution is 6.35. The summed E-state index contributed by atoms with van der Waals surface area (Å²) in [7, 11) is 0. The second kappa shape index (κ2) is 7.46. The molecule has 130 valence electrons. The molecular formula is C19H19Cl2N3O. The number of imidazole rings is 1. The summed E-state index contributed by atoms with van der Waals surface area (Å²) in [6, 6.07) is 12.9. The lowest BCUT2D eigenvalue weighted by Crippen LogP contribution is -2.30. The van der Waals surface area contributed by atoms with Crippen LogP contribution in [-0.4, -0.2) is 15.5 Å². The van der Waals surface area contributed by atoms with Gasteiger partial charge in [-0.15, -0.1) is 0 Å². The number of nitrogens with zero attached hydrogens (tertiary/aromatic N) is 2. The number of aromatic nitrogens is 2. The molecule has 0 radical (unpaired) electrons. The monoisotopic (exact) mass is 375 g/mol. The fourth-order valence-electron chi connectivity index (χ4n) is 2.93. The first-order chi connectivity index (χ1) is 12.0. The number of rotatable bonds is 5. The molecule has 1 unspecified atom stereocenters. The summed E-state index contributed by atoms with van der Waals surface area (Å²) >= 11 is 12.2. The van der Waals surface area contributed by atoms with E-state index in [0.717, 1.165) is 28.8 Å². The first-order valence-corrected chi connectivity index (χ1v) is 8.93. The van der Waals surface area contributed by atoms with E-state index in [1.54, 1.807) is 12.1 Å². The van der Waals surface area contributed by atoms with Gasteiger partial charge in [0.2, 0.25) is 5.91 Å². The van der Waals surface area contributed by atoms with Gasteiger partial charge in [0, 0.05) is 16.5 Å². The van der Waals surface area contributed by atoms with Crippen LogP contribution in [0.25, 0.3) is 11.0 Å². The molecule has 0 spiro atoms. The maximum absolute atomic E-state index is 12.6. The average molecular weight is 376 g/mol. The van der Waals surface area contributed by atoms with Crippen LogP contribution >= 0.6 is 23.2 Å². The Morgan fingerprint density at radius 2 is 2.00 bits per heavy atom. The number of carbonyl (C=O) groups is 1. The molecular weight excluding hydrogens is 357 g/mol. The molecule has 1 heterocycles. The van der Waals surface area contributed by atoms with E-state index in [0.29, 0.717) is 10.0 Å². The normalized spacial score (nSPS) is 12.3. The highest BCUT2D eigenvalue weighted by Gasteiger charge is 2.16. The fraction of sp³-hybridized carbons (Fsp3) is 0.263. The van der Waals surface area contributed by atoms with E-state index in [1.807, 2.05) is 48.7 Å². The van der Waals surface area contributed by atoms with Crippen molar-refractivity contribution in [1.29, 1.82) is 0 Å². The minimum absolute atomic E-state index is 0.0867. The van der Waals surface area contributed by atoms with Crippen molar-refractivity contribution in [2.45, 2.75) is 32.9 Å². The smallest absolute Gasteiger partial charge is 0.240 e.